The van der Waals surface area contributed by atoms with E-state index in [4.69, 9.17) is 16.3 Å². The molecule has 9 heteroatoms. The molecule has 4 aliphatic carbocycles. The normalized spacial score (nSPS) is 32.9. The van der Waals surface area contributed by atoms with Crippen molar-refractivity contribution in [3.8, 4) is 0 Å². The van der Waals surface area contributed by atoms with Gasteiger partial charge < -0.3 is 15.2 Å². The quantitative estimate of drug-likeness (QED) is 0.701. The zero-order valence-corrected chi connectivity index (χ0v) is 16.3. The van der Waals surface area contributed by atoms with Crippen LogP contribution in [0.1, 0.15) is 44.1 Å². The number of carbonyl (C=O) groups excluding carboxylic acids is 2. The van der Waals surface area contributed by atoms with Crippen LogP contribution < -0.4 is 5.32 Å². The first-order valence-electron chi connectivity index (χ1n) is 9.55. The van der Waals surface area contributed by atoms with Gasteiger partial charge in [0.05, 0.1) is 27.3 Å². The van der Waals surface area contributed by atoms with Crippen molar-refractivity contribution in [3.63, 3.8) is 0 Å². The van der Waals surface area contributed by atoms with Gasteiger partial charge in [0, 0.05) is 0 Å². The molecular weight excluding hydrogens is 411 g/mol. The largest absolute Gasteiger partial charge is 0.455 e. The number of alkyl halides is 3. The fraction of sp³-hybridized carbons (Fsp3) is 0.600. The van der Waals surface area contributed by atoms with Crippen LogP contribution in [0.15, 0.2) is 18.2 Å². The number of esters is 1. The van der Waals surface area contributed by atoms with E-state index in [2.05, 4.69) is 5.32 Å². The molecule has 1 amide bonds. The first-order valence-corrected chi connectivity index (χ1v) is 9.93. The summed E-state index contributed by atoms with van der Waals surface area (Å²) in [7, 11) is 0. The molecule has 1 aromatic rings. The summed E-state index contributed by atoms with van der Waals surface area (Å²) >= 11 is 5.82. The highest BCUT2D eigenvalue weighted by atomic mass is 35.5. The topological polar surface area (TPSA) is 75.6 Å². The second-order valence-electron chi connectivity index (χ2n) is 8.75. The summed E-state index contributed by atoms with van der Waals surface area (Å²) in [6.45, 7) is -0.711. The lowest BCUT2D eigenvalue weighted by Gasteiger charge is -2.58. The van der Waals surface area contributed by atoms with Gasteiger partial charge in [-0.25, -0.2) is 0 Å². The molecule has 29 heavy (non-hydrogen) atoms. The van der Waals surface area contributed by atoms with Crippen LogP contribution in [0.2, 0.25) is 5.02 Å². The monoisotopic (exact) mass is 431 g/mol. The number of benzene rings is 1. The molecule has 5 rings (SSSR count). The van der Waals surface area contributed by atoms with Crippen molar-refractivity contribution in [2.24, 2.45) is 17.3 Å². The summed E-state index contributed by atoms with van der Waals surface area (Å²) < 4.78 is 44.6. The molecular formula is C20H21ClF3NO4. The number of amides is 1. The molecule has 2 N–H and O–H groups in total. The first kappa shape index (κ1) is 20.5. The summed E-state index contributed by atoms with van der Waals surface area (Å²) in [6, 6.07) is 3.18. The third-order valence-corrected chi connectivity index (χ3v) is 6.70. The van der Waals surface area contributed by atoms with Crippen molar-refractivity contribution in [2.45, 2.75) is 50.3 Å². The number of hydrogen-bond donors (Lipinski definition) is 2. The molecule has 5 nitrogen and oxygen atoms in total. The van der Waals surface area contributed by atoms with Crippen LogP contribution in [0.4, 0.5) is 18.9 Å². The maximum Gasteiger partial charge on any atom is 0.418 e. The van der Waals surface area contributed by atoms with E-state index < -0.39 is 46.9 Å². The maximum absolute atomic E-state index is 13.1. The van der Waals surface area contributed by atoms with Gasteiger partial charge in [-0.3, -0.25) is 9.59 Å². The summed E-state index contributed by atoms with van der Waals surface area (Å²) in [6.07, 6.45) is -0.777. The van der Waals surface area contributed by atoms with E-state index in [-0.39, 0.29) is 16.9 Å². The van der Waals surface area contributed by atoms with Gasteiger partial charge in [-0.05, 0) is 62.5 Å². The Hall–Kier alpha value is -1.80. The Morgan fingerprint density at radius 2 is 1.86 bits per heavy atom. The van der Waals surface area contributed by atoms with Crippen LogP contribution in [0.25, 0.3) is 0 Å². The van der Waals surface area contributed by atoms with Crippen LogP contribution in [0.3, 0.4) is 0 Å². The lowest BCUT2D eigenvalue weighted by molar-refractivity contribution is -0.196. The molecule has 4 saturated carbocycles. The fourth-order valence-electron chi connectivity index (χ4n) is 5.80. The number of anilines is 1. The Bertz CT molecular complexity index is 843. The minimum absolute atomic E-state index is 0.261. The SMILES string of the molecule is O=C(COC(=O)C12C[C@@H]3C[C@@H](CC(O)(C3)C1)C2)Nc1c(Cl)cccc1C(F)(F)F. The van der Waals surface area contributed by atoms with E-state index in [0.29, 0.717) is 32.1 Å². The molecule has 0 spiro atoms. The van der Waals surface area contributed by atoms with Crippen molar-refractivity contribution in [3.05, 3.63) is 28.8 Å². The molecule has 0 aliphatic heterocycles. The predicted octanol–water partition coefficient (Wildman–Crippen LogP) is 4.17. The van der Waals surface area contributed by atoms with E-state index in [1.807, 2.05) is 0 Å². The van der Waals surface area contributed by atoms with Crippen LogP contribution >= 0.6 is 11.6 Å². The van der Waals surface area contributed by atoms with Gasteiger partial charge >= 0.3 is 12.1 Å². The molecule has 0 heterocycles. The summed E-state index contributed by atoms with van der Waals surface area (Å²) in [5.41, 5.74) is -3.30. The molecule has 4 atom stereocenters. The average molecular weight is 432 g/mol. The Balaban J connectivity index is 1.42. The molecule has 0 aromatic heterocycles. The van der Waals surface area contributed by atoms with E-state index in [9.17, 15) is 27.9 Å². The molecule has 4 aliphatic rings. The van der Waals surface area contributed by atoms with Gasteiger partial charge in [-0.15, -0.1) is 0 Å². The molecule has 4 fully saturated rings. The predicted molar refractivity (Wildman–Crippen MR) is 98.1 cm³/mol. The minimum Gasteiger partial charge on any atom is -0.455 e. The number of halogens is 4. The number of hydrogen-bond acceptors (Lipinski definition) is 4. The highest BCUT2D eigenvalue weighted by Gasteiger charge is 2.60. The van der Waals surface area contributed by atoms with Crippen LogP contribution in [-0.2, 0) is 20.5 Å². The number of carbonyl (C=O) groups is 2. The van der Waals surface area contributed by atoms with E-state index >= 15 is 0 Å². The highest BCUT2D eigenvalue weighted by molar-refractivity contribution is 6.34. The molecule has 2 unspecified atom stereocenters. The van der Waals surface area contributed by atoms with Crippen molar-refractivity contribution in [2.75, 3.05) is 11.9 Å². The standard InChI is InChI=1S/C20H21ClF3NO4/c21-14-3-1-2-13(20(22,23)24)16(14)25-15(26)9-29-17(27)18-5-11-4-12(6-18)8-19(28,7-11)10-18/h1-3,11-12,28H,4-10H2,(H,25,26)/t11-,12+,18?,19?. The minimum atomic E-state index is -4.70. The number of para-hydroxylation sites is 1. The average Bonchev–Trinajstić information content (AvgIpc) is 2.58. The zero-order valence-electron chi connectivity index (χ0n) is 15.5. The summed E-state index contributed by atoms with van der Waals surface area (Å²) in [5, 5.41) is 12.6. The zero-order chi connectivity index (χ0) is 21.0. The van der Waals surface area contributed by atoms with Gasteiger partial charge in [0.1, 0.15) is 0 Å². The highest BCUT2D eigenvalue weighted by Crippen LogP contribution is 2.62. The number of rotatable bonds is 4. The summed E-state index contributed by atoms with van der Waals surface area (Å²) in [5.74, 6) is -0.934. The first-order chi connectivity index (χ1) is 13.5. The maximum atomic E-state index is 13.1. The van der Waals surface area contributed by atoms with E-state index in [1.54, 1.807) is 0 Å². The van der Waals surface area contributed by atoms with Gasteiger partial charge in [-0.2, -0.15) is 13.2 Å². The van der Waals surface area contributed by atoms with Gasteiger partial charge in [0.15, 0.2) is 6.61 Å². The molecule has 4 bridgehead atoms. The number of ether oxygens (including phenoxy) is 1. The Morgan fingerprint density at radius 1 is 1.21 bits per heavy atom. The second kappa shape index (κ2) is 6.87. The molecule has 0 saturated heterocycles. The number of nitrogens with one attached hydrogen (secondary N) is 1. The smallest absolute Gasteiger partial charge is 0.418 e. The lowest BCUT2D eigenvalue weighted by Crippen LogP contribution is -2.58. The Kier molecular flexibility index (Phi) is 4.85. The third-order valence-electron chi connectivity index (χ3n) is 6.38. The Morgan fingerprint density at radius 3 is 2.45 bits per heavy atom. The van der Waals surface area contributed by atoms with E-state index in [1.165, 1.54) is 6.07 Å². The molecule has 1 aromatic carbocycles. The second-order valence-corrected chi connectivity index (χ2v) is 9.16. The number of aliphatic hydroxyl groups is 1. The van der Waals surface area contributed by atoms with Crippen molar-refractivity contribution in [1.29, 1.82) is 0 Å². The van der Waals surface area contributed by atoms with Crippen molar-refractivity contribution in [1.82, 2.24) is 0 Å². The lowest BCUT2D eigenvalue weighted by atomic mass is 9.48. The van der Waals surface area contributed by atoms with Crippen molar-refractivity contribution < 1.29 is 32.6 Å². The Labute approximate surface area is 170 Å². The van der Waals surface area contributed by atoms with E-state index in [0.717, 1.165) is 18.6 Å². The summed E-state index contributed by atoms with van der Waals surface area (Å²) in [4.78, 5) is 24.9. The van der Waals surface area contributed by atoms with Gasteiger partial charge in [-0.1, -0.05) is 17.7 Å². The third kappa shape index (κ3) is 3.84. The molecule has 0 radical (unpaired) electrons. The molecule has 158 valence electrons. The van der Waals surface area contributed by atoms with Gasteiger partial charge in [0.25, 0.3) is 5.91 Å². The van der Waals surface area contributed by atoms with Crippen molar-refractivity contribution >= 4 is 29.2 Å². The van der Waals surface area contributed by atoms with Gasteiger partial charge in [0.2, 0.25) is 0 Å². The van der Waals surface area contributed by atoms with Crippen LogP contribution in [0, 0.1) is 17.3 Å². The van der Waals surface area contributed by atoms with Crippen LogP contribution in [-0.4, -0.2) is 29.2 Å². The fourth-order valence-corrected chi connectivity index (χ4v) is 6.02. The van der Waals surface area contributed by atoms with Crippen LogP contribution in [0.5, 0.6) is 0 Å².